The third-order valence-corrected chi connectivity index (χ3v) is 8.43. The Bertz CT molecular complexity index is 2200. The predicted octanol–water partition coefficient (Wildman–Crippen LogP) is 10.7. The first-order chi connectivity index (χ1) is 22.6. The lowest BCUT2D eigenvalue weighted by Crippen LogP contribution is -2.10. The minimum atomic E-state index is -0.283. The summed E-state index contributed by atoms with van der Waals surface area (Å²) in [5, 5.41) is 4.08. The minimum absolute atomic E-state index is 0.139. The van der Waals surface area contributed by atoms with Gasteiger partial charge in [-0.25, -0.2) is 0 Å². The molecule has 0 unspecified atom stereocenters. The highest BCUT2D eigenvalue weighted by Crippen LogP contribution is 2.37. The van der Waals surface area contributed by atoms with Crippen molar-refractivity contribution in [2.24, 2.45) is 0 Å². The van der Waals surface area contributed by atoms with Crippen molar-refractivity contribution in [3.8, 4) is 0 Å². The molecule has 0 aromatic heterocycles. The maximum absolute atomic E-state index is 14.2. The molecular weight excluding hydrogens is 562 g/mol. The van der Waals surface area contributed by atoms with Crippen LogP contribution in [0.4, 0.5) is 17.1 Å². The highest BCUT2D eigenvalue weighted by molar-refractivity contribution is 6.27. The van der Waals surface area contributed by atoms with Gasteiger partial charge in [0.15, 0.2) is 12.1 Å². The molecule has 0 amide bonds. The summed E-state index contributed by atoms with van der Waals surface area (Å²) in [5.74, 6) is -0.283. The number of benzene rings is 7. The summed E-state index contributed by atoms with van der Waals surface area (Å²) in [6.07, 6.45) is 0.712. The summed E-state index contributed by atoms with van der Waals surface area (Å²) < 4.78 is 0. The number of ketones is 1. The smallest absolute Gasteiger partial charge is 0.197 e. The van der Waals surface area contributed by atoms with E-state index in [2.05, 4.69) is 59.5 Å². The first-order valence-electron chi connectivity index (χ1n) is 15.3. The molecule has 7 aromatic rings. The Kier molecular flexibility index (Phi) is 7.80. The number of anilines is 3. The van der Waals surface area contributed by atoms with Crippen LogP contribution >= 0.6 is 0 Å². The van der Waals surface area contributed by atoms with Gasteiger partial charge >= 0.3 is 0 Å². The summed E-state index contributed by atoms with van der Waals surface area (Å²) >= 11 is 0. The molecule has 0 atom stereocenters. The number of carbonyl (C=O) groups excluding carboxylic acids is 2. The SMILES string of the molecule is Cc1cc2ccccc2cc1C(=O)/C(C=O)=C(\c1ccccc1)c1ccc2cc(N(c3ccccc3)c3ccccc3)ccc2c1. The monoisotopic (exact) mass is 593 g/mol. The molecule has 0 N–H and O–H groups in total. The fourth-order valence-corrected chi connectivity index (χ4v) is 6.18. The van der Waals surface area contributed by atoms with Crippen LogP contribution in [0.25, 0.3) is 27.1 Å². The van der Waals surface area contributed by atoms with Gasteiger partial charge in [0.05, 0.1) is 5.57 Å². The quantitative estimate of drug-likeness (QED) is 0.0578. The average molecular weight is 594 g/mol. The molecule has 7 rings (SSSR count). The van der Waals surface area contributed by atoms with Crippen LogP contribution in [0.5, 0.6) is 0 Å². The lowest BCUT2D eigenvalue weighted by Gasteiger charge is -2.25. The van der Waals surface area contributed by atoms with Crippen molar-refractivity contribution in [1.29, 1.82) is 0 Å². The number of fused-ring (bicyclic) bond motifs is 2. The maximum Gasteiger partial charge on any atom is 0.197 e. The predicted molar refractivity (Wildman–Crippen MR) is 190 cm³/mol. The average Bonchev–Trinajstić information content (AvgIpc) is 3.11. The summed E-state index contributed by atoms with van der Waals surface area (Å²) in [5.41, 5.74) is 6.91. The number of hydrogen-bond acceptors (Lipinski definition) is 3. The lowest BCUT2D eigenvalue weighted by atomic mass is 9.87. The number of para-hydroxylation sites is 2. The summed E-state index contributed by atoms with van der Waals surface area (Å²) in [4.78, 5) is 29.3. The Balaban J connectivity index is 1.36. The fourth-order valence-electron chi connectivity index (χ4n) is 6.18. The molecule has 0 spiro atoms. The molecule has 3 heteroatoms. The van der Waals surface area contributed by atoms with Crippen LogP contribution in [0.3, 0.4) is 0 Å². The maximum atomic E-state index is 14.2. The van der Waals surface area contributed by atoms with E-state index in [9.17, 15) is 9.59 Å². The molecule has 3 nitrogen and oxygen atoms in total. The summed E-state index contributed by atoms with van der Waals surface area (Å²) in [6, 6.07) is 54.7. The molecule has 0 radical (unpaired) electrons. The Morgan fingerprint density at radius 3 is 1.65 bits per heavy atom. The zero-order valence-corrected chi connectivity index (χ0v) is 25.4. The van der Waals surface area contributed by atoms with Gasteiger partial charge in [0.2, 0.25) is 0 Å². The third-order valence-electron chi connectivity index (χ3n) is 8.43. The summed E-state index contributed by atoms with van der Waals surface area (Å²) in [6.45, 7) is 1.92. The second kappa shape index (κ2) is 12.5. The molecule has 0 bridgehead atoms. The fraction of sp³-hybridized carbons (Fsp3) is 0.0233. The van der Waals surface area contributed by atoms with E-state index < -0.39 is 0 Å². The van der Waals surface area contributed by atoms with Crippen LogP contribution in [-0.2, 0) is 4.79 Å². The highest BCUT2D eigenvalue weighted by atomic mass is 16.1. The van der Waals surface area contributed by atoms with Crippen molar-refractivity contribution in [2.45, 2.75) is 6.92 Å². The molecule has 0 aliphatic heterocycles. The molecule has 220 valence electrons. The largest absolute Gasteiger partial charge is 0.310 e. The van der Waals surface area contributed by atoms with Gasteiger partial charge in [0.25, 0.3) is 0 Å². The number of aryl methyl sites for hydroxylation is 1. The number of nitrogens with zero attached hydrogens (tertiary/aromatic N) is 1. The molecule has 0 heterocycles. The van der Waals surface area contributed by atoms with Gasteiger partial charge in [-0.1, -0.05) is 115 Å². The van der Waals surface area contributed by atoms with E-state index in [1.165, 1.54) is 0 Å². The first-order valence-corrected chi connectivity index (χ1v) is 15.3. The molecule has 0 aliphatic rings. The van der Waals surface area contributed by atoms with Crippen LogP contribution in [0.15, 0.2) is 169 Å². The van der Waals surface area contributed by atoms with Crippen LogP contribution in [0.1, 0.15) is 27.0 Å². The molecule has 0 aliphatic carbocycles. The number of allylic oxidation sites excluding steroid dienone is 1. The normalized spacial score (nSPS) is 11.7. The lowest BCUT2D eigenvalue weighted by molar-refractivity contribution is -0.104. The van der Waals surface area contributed by atoms with Gasteiger partial charge in [-0.15, -0.1) is 0 Å². The van der Waals surface area contributed by atoms with Crippen molar-refractivity contribution in [3.63, 3.8) is 0 Å². The second-order valence-electron chi connectivity index (χ2n) is 11.4. The topological polar surface area (TPSA) is 37.4 Å². The minimum Gasteiger partial charge on any atom is -0.310 e. The van der Waals surface area contributed by atoms with E-state index in [-0.39, 0.29) is 11.4 Å². The van der Waals surface area contributed by atoms with E-state index in [1.54, 1.807) is 0 Å². The Hall–Kier alpha value is -6.06. The number of hydrogen-bond donors (Lipinski definition) is 0. The van der Waals surface area contributed by atoms with E-state index in [0.29, 0.717) is 17.4 Å². The van der Waals surface area contributed by atoms with Crippen LogP contribution in [0, 0.1) is 6.92 Å². The molecule has 46 heavy (non-hydrogen) atoms. The van der Waals surface area contributed by atoms with Crippen molar-refractivity contribution >= 4 is 56.2 Å². The highest BCUT2D eigenvalue weighted by Gasteiger charge is 2.22. The Morgan fingerprint density at radius 2 is 1.02 bits per heavy atom. The number of Topliss-reactive ketones (excluding diaryl/α,β-unsaturated/α-hetero) is 1. The van der Waals surface area contributed by atoms with E-state index >= 15 is 0 Å². The number of aldehydes is 1. The summed E-state index contributed by atoms with van der Waals surface area (Å²) in [7, 11) is 0. The number of carbonyl (C=O) groups is 2. The Morgan fingerprint density at radius 1 is 0.500 bits per heavy atom. The van der Waals surface area contributed by atoms with Gasteiger partial charge in [0.1, 0.15) is 0 Å². The molecule has 7 aromatic carbocycles. The van der Waals surface area contributed by atoms with Crippen molar-refractivity contribution in [1.82, 2.24) is 0 Å². The van der Waals surface area contributed by atoms with Gasteiger partial charge in [-0.2, -0.15) is 0 Å². The standard InChI is InChI=1S/C43H31NO2/c1-30-25-32-15-11-12-16-33(32)28-40(30)43(46)41(29-45)42(31-13-5-2-6-14-31)36-22-21-35-27-39(24-23-34(35)26-36)44(37-17-7-3-8-18-37)38-19-9-4-10-20-38/h2-29H,1H3/b42-41+. The molecule has 0 fully saturated rings. The van der Waals surface area contributed by atoms with Crippen LogP contribution in [-0.4, -0.2) is 12.1 Å². The van der Waals surface area contributed by atoms with Crippen molar-refractivity contribution < 1.29 is 9.59 Å². The van der Waals surface area contributed by atoms with E-state index in [4.69, 9.17) is 0 Å². The molecule has 0 saturated heterocycles. The molecule has 0 saturated carbocycles. The van der Waals surface area contributed by atoms with Crippen molar-refractivity contribution in [2.75, 3.05) is 4.90 Å². The zero-order chi connectivity index (χ0) is 31.5. The third kappa shape index (κ3) is 5.51. The van der Waals surface area contributed by atoms with Crippen LogP contribution < -0.4 is 4.90 Å². The van der Waals surface area contributed by atoms with Gasteiger partial charge in [0, 0.05) is 28.2 Å². The van der Waals surface area contributed by atoms with Crippen molar-refractivity contribution in [3.05, 3.63) is 192 Å². The Labute approximate surface area is 268 Å². The zero-order valence-electron chi connectivity index (χ0n) is 25.4. The van der Waals surface area contributed by atoms with Gasteiger partial charge < -0.3 is 4.90 Å². The number of rotatable bonds is 8. The second-order valence-corrected chi connectivity index (χ2v) is 11.4. The van der Waals surface area contributed by atoms with Gasteiger partial charge in [-0.3, -0.25) is 9.59 Å². The first kappa shape index (κ1) is 28.7. The van der Waals surface area contributed by atoms with Gasteiger partial charge in [-0.05, 0) is 93.7 Å². The molecular formula is C43H31NO2. The van der Waals surface area contributed by atoms with E-state index in [1.807, 2.05) is 116 Å². The van der Waals surface area contributed by atoms with E-state index in [0.717, 1.165) is 55.3 Å². The van der Waals surface area contributed by atoms with Crippen LogP contribution in [0.2, 0.25) is 0 Å².